The zero-order valence-corrected chi connectivity index (χ0v) is 10.1. The van der Waals surface area contributed by atoms with Gasteiger partial charge in [0.2, 0.25) is 0 Å². The summed E-state index contributed by atoms with van der Waals surface area (Å²) < 4.78 is 14.1. The lowest BCUT2D eigenvalue weighted by atomic mass is 10.2. The maximum absolute atomic E-state index is 5.13. The van der Waals surface area contributed by atoms with Crippen LogP contribution in [0.2, 0.25) is 0 Å². The number of ether oxygens (including phenoxy) is 1. The Morgan fingerprint density at radius 3 is 2.60 bits per heavy atom. The van der Waals surface area contributed by atoms with Gasteiger partial charge in [-0.3, -0.25) is 0 Å². The lowest BCUT2D eigenvalue weighted by Gasteiger charge is -2.07. The van der Waals surface area contributed by atoms with Crippen LogP contribution in [0.5, 0.6) is 11.5 Å². The molecule has 5 heteroatoms. The largest absolute Gasteiger partial charge is 0.496 e. The van der Waals surface area contributed by atoms with Gasteiger partial charge in [-0.1, -0.05) is 0 Å². The molecule has 0 aromatic heterocycles. The molecule has 1 aromatic carbocycles. The highest BCUT2D eigenvalue weighted by Gasteiger charge is 2.01. The minimum atomic E-state index is -0.520. The molecule has 0 saturated heterocycles. The number of benzene rings is 1. The van der Waals surface area contributed by atoms with Gasteiger partial charge < -0.3 is 9.62 Å². The molecule has 0 spiro atoms. The first kappa shape index (κ1) is 12.0. The summed E-state index contributed by atoms with van der Waals surface area (Å²) in [7, 11) is 2.80. The van der Waals surface area contributed by atoms with Crippen LogP contribution in [0.3, 0.4) is 0 Å². The maximum Gasteiger partial charge on any atom is 0.167 e. The molecule has 1 atom stereocenters. The van der Waals surface area contributed by atoms with Gasteiger partial charge in [0.1, 0.15) is 5.75 Å². The number of hydrogen-bond donors (Lipinski definition) is 0. The van der Waals surface area contributed by atoms with Crippen molar-refractivity contribution in [2.24, 2.45) is 4.36 Å². The normalized spacial score (nSPS) is 12.5. The predicted molar refractivity (Wildman–Crippen MR) is 61.1 cm³/mol. The van der Waals surface area contributed by atoms with E-state index in [-0.39, 0.29) is 0 Å². The Morgan fingerprint density at radius 1 is 1.33 bits per heavy atom. The Labute approximate surface area is 92.4 Å². The van der Waals surface area contributed by atoms with Crippen LogP contribution < -0.4 is 9.62 Å². The predicted octanol–water partition coefficient (Wildman–Crippen LogP) is 2.29. The molecule has 1 rings (SSSR count). The molecule has 1 aromatic rings. The fraction of sp³-hybridized carbons (Fsp3) is 0.400. The van der Waals surface area contributed by atoms with E-state index in [1.807, 2.05) is 25.3 Å². The van der Waals surface area contributed by atoms with E-state index in [4.69, 9.17) is 14.0 Å². The Bertz CT molecular complexity index is 366. The molecule has 0 aliphatic heterocycles. The van der Waals surface area contributed by atoms with E-state index in [2.05, 4.69) is 4.36 Å². The zero-order valence-electron chi connectivity index (χ0n) is 9.31. The first-order valence-electron chi connectivity index (χ1n) is 4.43. The molecule has 15 heavy (non-hydrogen) atoms. The van der Waals surface area contributed by atoms with Crippen molar-refractivity contribution in [3.05, 3.63) is 23.8 Å². The molecule has 0 aliphatic carbocycles. The van der Waals surface area contributed by atoms with Gasteiger partial charge in [-0.15, -0.1) is 4.33 Å². The molecule has 4 nitrogen and oxygen atoms in total. The van der Waals surface area contributed by atoms with Crippen LogP contribution in [0.4, 0.5) is 0 Å². The van der Waals surface area contributed by atoms with Crippen LogP contribution in [0.25, 0.3) is 0 Å². The highest BCUT2D eigenvalue weighted by atomic mass is 32.2. The van der Waals surface area contributed by atoms with Crippen molar-refractivity contribution in [1.82, 2.24) is 0 Å². The average Bonchev–Trinajstić information content (AvgIpc) is 2.26. The summed E-state index contributed by atoms with van der Waals surface area (Å²) >= 11 is 0. The average molecular weight is 229 g/mol. The van der Waals surface area contributed by atoms with Crippen molar-refractivity contribution in [1.29, 1.82) is 0 Å². The smallest absolute Gasteiger partial charge is 0.167 e. The van der Waals surface area contributed by atoms with Gasteiger partial charge in [0, 0.05) is 13.3 Å². The maximum atomic E-state index is 5.13. The van der Waals surface area contributed by atoms with Crippen molar-refractivity contribution < 1.29 is 14.0 Å². The first-order chi connectivity index (χ1) is 7.17. The van der Waals surface area contributed by atoms with Crippen LogP contribution >= 0.6 is 0 Å². The molecule has 0 amide bonds. The van der Waals surface area contributed by atoms with E-state index >= 15 is 0 Å². The number of hydrogen-bond acceptors (Lipinski definition) is 4. The van der Waals surface area contributed by atoms with Crippen LogP contribution in [0, 0.1) is 6.92 Å². The lowest BCUT2D eigenvalue weighted by Crippen LogP contribution is -1.99. The zero-order chi connectivity index (χ0) is 11.3. The summed E-state index contributed by atoms with van der Waals surface area (Å²) in [6, 6.07) is 5.48. The standard InChI is InChI=1S/C10H15NO3S/c1-8-7-9(5-6-10(8)12-3)13-14-15(4)11-2/h5-7H,1-4H3. The van der Waals surface area contributed by atoms with E-state index in [1.165, 1.54) is 0 Å². The third kappa shape index (κ3) is 3.53. The molecule has 0 aliphatic rings. The topological polar surface area (TPSA) is 40.0 Å². The summed E-state index contributed by atoms with van der Waals surface area (Å²) in [5.74, 6) is 1.48. The quantitative estimate of drug-likeness (QED) is 0.587. The Kier molecular flexibility index (Phi) is 4.58. The summed E-state index contributed by atoms with van der Waals surface area (Å²) in [6.45, 7) is 1.95. The van der Waals surface area contributed by atoms with E-state index in [1.54, 1.807) is 20.2 Å². The third-order valence-corrected chi connectivity index (χ3v) is 2.63. The van der Waals surface area contributed by atoms with Crippen LogP contribution in [0.15, 0.2) is 22.6 Å². The van der Waals surface area contributed by atoms with E-state index < -0.39 is 11.0 Å². The minimum Gasteiger partial charge on any atom is -0.496 e. The molecular formula is C10H15NO3S. The van der Waals surface area contributed by atoms with Crippen molar-refractivity contribution in [2.45, 2.75) is 6.92 Å². The van der Waals surface area contributed by atoms with Crippen LogP contribution in [0.1, 0.15) is 5.56 Å². The summed E-state index contributed by atoms with van der Waals surface area (Å²) in [5, 5.41) is 0. The van der Waals surface area contributed by atoms with E-state index in [0.29, 0.717) is 5.75 Å². The fourth-order valence-electron chi connectivity index (χ4n) is 1.02. The van der Waals surface area contributed by atoms with Gasteiger partial charge in [-0.05, 0) is 30.7 Å². The number of methoxy groups -OCH3 is 1. The molecule has 0 bridgehead atoms. The van der Waals surface area contributed by atoms with Gasteiger partial charge in [0.15, 0.2) is 5.75 Å². The van der Waals surface area contributed by atoms with Crippen molar-refractivity contribution in [3.63, 3.8) is 0 Å². The number of nitrogens with zero attached hydrogens (tertiary/aromatic N) is 1. The first-order valence-corrected chi connectivity index (χ1v) is 5.94. The highest BCUT2D eigenvalue weighted by Crippen LogP contribution is 2.23. The van der Waals surface area contributed by atoms with E-state index in [0.717, 1.165) is 11.3 Å². The molecule has 1 unspecified atom stereocenters. The fourth-order valence-corrected chi connectivity index (χ4v) is 1.26. The summed E-state index contributed by atoms with van der Waals surface area (Å²) in [5.41, 5.74) is 1.00. The van der Waals surface area contributed by atoms with Gasteiger partial charge in [-0.2, -0.15) is 0 Å². The molecule has 0 N–H and O–H groups in total. The minimum absolute atomic E-state index is 0.520. The molecule has 84 valence electrons. The molecule has 0 saturated carbocycles. The third-order valence-electron chi connectivity index (χ3n) is 1.85. The summed E-state index contributed by atoms with van der Waals surface area (Å²) in [6.07, 6.45) is 1.83. The van der Waals surface area contributed by atoms with Crippen molar-refractivity contribution >= 4 is 11.0 Å². The van der Waals surface area contributed by atoms with Crippen LogP contribution in [-0.4, -0.2) is 20.4 Å². The van der Waals surface area contributed by atoms with Crippen molar-refractivity contribution in [2.75, 3.05) is 20.4 Å². The second-order valence-electron chi connectivity index (χ2n) is 2.89. The number of rotatable bonds is 4. The second-order valence-corrected chi connectivity index (χ2v) is 4.24. The Hall–Kier alpha value is -1.07. The van der Waals surface area contributed by atoms with Crippen molar-refractivity contribution in [3.8, 4) is 11.5 Å². The molecule has 0 radical (unpaired) electrons. The van der Waals surface area contributed by atoms with Gasteiger partial charge in [-0.25, -0.2) is 4.36 Å². The highest BCUT2D eigenvalue weighted by molar-refractivity contribution is 7.81. The molecule has 0 fully saturated rings. The SMILES string of the molecule is C/N=S(\C)OOc1ccc(OC)c(C)c1. The molecule has 0 heterocycles. The molecular weight excluding hydrogens is 214 g/mol. The second kappa shape index (κ2) is 5.72. The Morgan fingerprint density at radius 2 is 2.07 bits per heavy atom. The number of aryl methyl sites for hydroxylation is 1. The van der Waals surface area contributed by atoms with Gasteiger partial charge in [0.25, 0.3) is 0 Å². The van der Waals surface area contributed by atoms with Gasteiger partial charge >= 0.3 is 0 Å². The lowest BCUT2D eigenvalue weighted by molar-refractivity contribution is -0.0813. The monoisotopic (exact) mass is 229 g/mol. The summed E-state index contributed by atoms with van der Waals surface area (Å²) in [4.78, 5) is 5.10. The van der Waals surface area contributed by atoms with Crippen LogP contribution in [-0.2, 0) is 15.3 Å². The van der Waals surface area contributed by atoms with E-state index in [9.17, 15) is 0 Å². The van der Waals surface area contributed by atoms with Gasteiger partial charge in [0.05, 0.1) is 18.1 Å². The Balaban J connectivity index is 2.67.